The van der Waals surface area contributed by atoms with Gasteiger partial charge in [-0.3, -0.25) is 4.79 Å². The molecule has 142 valence electrons. The van der Waals surface area contributed by atoms with Gasteiger partial charge in [0.15, 0.2) is 0 Å². The van der Waals surface area contributed by atoms with Crippen LogP contribution in [0.2, 0.25) is 0 Å². The monoisotopic (exact) mass is 502 g/mol. The molecule has 0 saturated carbocycles. The topological polar surface area (TPSA) is 86.7 Å². The van der Waals surface area contributed by atoms with E-state index in [0.29, 0.717) is 23.7 Å². The van der Waals surface area contributed by atoms with E-state index in [-0.39, 0.29) is 29.6 Å². The van der Waals surface area contributed by atoms with Crippen LogP contribution in [0.1, 0.15) is 32.6 Å². The number of alkyl halides is 3. The fourth-order valence-electron chi connectivity index (χ4n) is 2.25. The van der Waals surface area contributed by atoms with Crippen molar-refractivity contribution in [3.8, 4) is 0 Å². The fourth-order valence-corrected chi connectivity index (χ4v) is 8.12. The number of hydrogen-bond donors (Lipinski definition) is 0. The van der Waals surface area contributed by atoms with Crippen molar-refractivity contribution in [1.29, 1.82) is 0 Å². The minimum absolute atomic E-state index is 0.202. The molecule has 11 heteroatoms. The molecule has 0 aromatic carbocycles. The van der Waals surface area contributed by atoms with E-state index >= 15 is 0 Å². The summed E-state index contributed by atoms with van der Waals surface area (Å²) in [5.74, 6) is -2.15. The smallest absolute Gasteiger partial charge is 0.460 e. The Hall–Kier alpha value is -0.0100. The van der Waals surface area contributed by atoms with Crippen molar-refractivity contribution in [2.45, 2.75) is 37.9 Å². The van der Waals surface area contributed by atoms with Gasteiger partial charge in [0.2, 0.25) is 0 Å². The summed E-state index contributed by atoms with van der Waals surface area (Å²) in [5.41, 5.74) is 0. The molecule has 1 heterocycles. The van der Waals surface area contributed by atoms with Crippen molar-refractivity contribution in [3.05, 3.63) is 0 Å². The minimum atomic E-state index is -5.52. The van der Waals surface area contributed by atoms with Crippen LogP contribution in [-0.2, 0) is 28.1 Å². The first kappa shape index (κ1) is 22.0. The van der Waals surface area contributed by atoms with E-state index in [1.54, 1.807) is 0 Å². The SMILES string of the molecule is CC(=O)CS1(OS(=O)(=O)C(F)(F)C(=O)OCCCI)CCCCC1. The first-order valence-corrected chi connectivity index (χ1v) is 12.4. The molecule has 1 aliphatic rings. The quantitative estimate of drug-likeness (QED) is 0.209. The maximum Gasteiger partial charge on any atom is 0.466 e. The van der Waals surface area contributed by atoms with Gasteiger partial charge < -0.3 is 4.74 Å². The number of hydrogen-bond acceptors (Lipinski definition) is 6. The summed E-state index contributed by atoms with van der Waals surface area (Å²) in [4.78, 5) is 22.9. The Bertz CT molecular complexity index is 561. The van der Waals surface area contributed by atoms with Gasteiger partial charge in [-0.1, -0.05) is 29.0 Å². The van der Waals surface area contributed by atoms with Gasteiger partial charge in [-0.05, 0) is 26.2 Å². The molecule has 0 aromatic heterocycles. The summed E-state index contributed by atoms with van der Waals surface area (Å²) in [6.07, 6.45) is 2.36. The second kappa shape index (κ2) is 9.08. The average molecular weight is 502 g/mol. The standard InChI is InChI=1S/C13H21F2IO6S2/c1-11(17)10-23(8-3-2-4-9-23)22-24(19,20)13(14,15)12(18)21-7-5-6-16/h2-10H2,1H3. The summed E-state index contributed by atoms with van der Waals surface area (Å²) in [6, 6.07) is 0. The molecule has 1 saturated heterocycles. The molecular formula is C13H21F2IO6S2. The molecule has 0 spiro atoms. The lowest BCUT2D eigenvalue weighted by Gasteiger charge is -2.40. The van der Waals surface area contributed by atoms with Crippen LogP contribution >= 0.6 is 32.9 Å². The highest BCUT2D eigenvalue weighted by molar-refractivity contribution is 14.1. The molecule has 1 rings (SSSR count). The molecule has 0 aromatic rings. The molecule has 0 unspecified atom stereocenters. The van der Waals surface area contributed by atoms with Crippen LogP contribution in [0.5, 0.6) is 0 Å². The number of Topliss-reactive ketones (excluding diaryl/α,β-unsaturated/α-hetero) is 1. The Balaban J connectivity index is 2.94. The van der Waals surface area contributed by atoms with E-state index in [0.717, 1.165) is 6.42 Å². The van der Waals surface area contributed by atoms with Crippen molar-refractivity contribution < 1.29 is 35.2 Å². The molecule has 0 bridgehead atoms. The molecule has 1 aliphatic heterocycles. The second-order valence-electron chi connectivity index (χ2n) is 5.50. The minimum Gasteiger partial charge on any atom is -0.460 e. The second-order valence-corrected chi connectivity index (χ2v) is 11.6. The molecule has 0 aliphatic carbocycles. The Morgan fingerprint density at radius 1 is 1.21 bits per heavy atom. The van der Waals surface area contributed by atoms with Crippen LogP contribution in [0, 0.1) is 0 Å². The Morgan fingerprint density at radius 2 is 1.79 bits per heavy atom. The van der Waals surface area contributed by atoms with E-state index in [2.05, 4.69) is 4.74 Å². The number of ketones is 1. The van der Waals surface area contributed by atoms with Gasteiger partial charge in [0, 0.05) is 15.9 Å². The largest absolute Gasteiger partial charge is 0.466 e. The zero-order valence-corrected chi connectivity index (χ0v) is 17.1. The molecule has 0 amide bonds. The molecule has 1 fully saturated rings. The van der Waals surface area contributed by atoms with Crippen molar-refractivity contribution in [2.75, 3.05) is 28.3 Å². The lowest BCUT2D eigenvalue weighted by molar-refractivity contribution is -0.161. The Morgan fingerprint density at radius 3 is 2.29 bits per heavy atom. The third kappa shape index (κ3) is 5.77. The zero-order valence-electron chi connectivity index (χ0n) is 13.3. The van der Waals surface area contributed by atoms with Crippen LogP contribution in [0.4, 0.5) is 8.78 Å². The average Bonchev–Trinajstić information content (AvgIpc) is 2.46. The maximum absolute atomic E-state index is 14.0. The number of ether oxygens (including phenoxy) is 1. The van der Waals surface area contributed by atoms with Gasteiger partial charge in [-0.2, -0.15) is 17.2 Å². The number of halogens is 3. The molecule has 0 N–H and O–H groups in total. The molecule has 0 radical (unpaired) electrons. The van der Waals surface area contributed by atoms with E-state index in [4.69, 9.17) is 3.63 Å². The maximum atomic E-state index is 14.0. The summed E-state index contributed by atoms with van der Waals surface area (Å²) >= 11 is 1.97. The summed E-state index contributed by atoms with van der Waals surface area (Å²) in [5, 5.41) is -4.79. The number of esters is 1. The summed E-state index contributed by atoms with van der Waals surface area (Å²) in [7, 11) is -8.05. The van der Waals surface area contributed by atoms with Crippen molar-refractivity contribution in [3.63, 3.8) is 0 Å². The molecule has 6 nitrogen and oxygen atoms in total. The van der Waals surface area contributed by atoms with Gasteiger partial charge in [0.25, 0.3) is 0 Å². The third-order valence-corrected chi connectivity index (χ3v) is 9.72. The van der Waals surface area contributed by atoms with Gasteiger partial charge in [-0.25, -0.2) is 8.42 Å². The van der Waals surface area contributed by atoms with Crippen LogP contribution in [-0.4, -0.2) is 53.7 Å². The lowest BCUT2D eigenvalue weighted by atomic mass is 10.3. The fraction of sp³-hybridized carbons (Fsp3) is 0.846. The van der Waals surface area contributed by atoms with Crippen molar-refractivity contribution >= 4 is 54.8 Å². The van der Waals surface area contributed by atoms with Crippen LogP contribution in [0.25, 0.3) is 0 Å². The van der Waals surface area contributed by atoms with Crippen LogP contribution in [0.3, 0.4) is 0 Å². The lowest BCUT2D eigenvalue weighted by Crippen LogP contribution is -2.42. The number of carbonyl (C=O) groups excluding carboxylic acids is 2. The van der Waals surface area contributed by atoms with E-state index < -0.39 is 31.7 Å². The highest BCUT2D eigenvalue weighted by Crippen LogP contribution is 2.56. The van der Waals surface area contributed by atoms with Gasteiger partial charge in [0.1, 0.15) is 5.78 Å². The Labute approximate surface area is 155 Å². The van der Waals surface area contributed by atoms with Gasteiger partial charge >= 0.3 is 21.3 Å². The summed E-state index contributed by atoms with van der Waals surface area (Å²) in [6.45, 7) is 0.966. The molecule has 0 atom stereocenters. The number of rotatable bonds is 9. The highest BCUT2D eigenvalue weighted by Gasteiger charge is 2.58. The third-order valence-electron chi connectivity index (χ3n) is 3.30. The molecule has 24 heavy (non-hydrogen) atoms. The van der Waals surface area contributed by atoms with Crippen molar-refractivity contribution in [1.82, 2.24) is 0 Å². The number of carbonyl (C=O) groups is 2. The normalized spacial score (nSPS) is 19.5. The highest BCUT2D eigenvalue weighted by atomic mass is 127. The first-order chi connectivity index (χ1) is 11.1. The Kier molecular flexibility index (Phi) is 8.34. The van der Waals surface area contributed by atoms with Gasteiger partial charge in [0.05, 0.1) is 12.4 Å². The van der Waals surface area contributed by atoms with E-state index in [1.165, 1.54) is 6.92 Å². The van der Waals surface area contributed by atoms with Gasteiger partial charge in [-0.15, -0.1) is 10.3 Å². The first-order valence-electron chi connectivity index (χ1n) is 7.39. The van der Waals surface area contributed by atoms with Crippen LogP contribution < -0.4 is 0 Å². The van der Waals surface area contributed by atoms with E-state index in [9.17, 15) is 26.8 Å². The van der Waals surface area contributed by atoms with Crippen molar-refractivity contribution in [2.24, 2.45) is 0 Å². The molecular weight excluding hydrogens is 481 g/mol. The summed E-state index contributed by atoms with van der Waals surface area (Å²) < 4.78 is 61.8. The van der Waals surface area contributed by atoms with Crippen LogP contribution in [0.15, 0.2) is 0 Å². The van der Waals surface area contributed by atoms with E-state index in [1.807, 2.05) is 22.6 Å². The predicted octanol–water partition coefficient (Wildman–Crippen LogP) is 2.79. The predicted molar refractivity (Wildman–Crippen MR) is 96.1 cm³/mol. The zero-order chi connectivity index (χ0) is 18.4.